The van der Waals surface area contributed by atoms with Crippen LogP contribution in [0, 0.1) is 6.92 Å². The molecule has 0 aromatic carbocycles. The predicted molar refractivity (Wildman–Crippen MR) is 67.9 cm³/mol. The first-order chi connectivity index (χ1) is 8.49. The molecule has 102 valence electrons. The predicted octanol–water partition coefficient (Wildman–Crippen LogP) is 0.658. The maximum atomic E-state index is 11.3. The molecule has 0 fully saturated rings. The van der Waals surface area contributed by atoms with Crippen molar-refractivity contribution >= 4 is 5.91 Å². The maximum Gasteiger partial charge on any atom is 0.300 e. The Morgan fingerprint density at radius 2 is 2.33 bits per heavy atom. The lowest BCUT2D eigenvalue weighted by molar-refractivity contribution is 0.0924. The Labute approximate surface area is 107 Å². The van der Waals surface area contributed by atoms with Gasteiger partial charge in [-0.2, -0.15) is 0 Å². The number of hydrogen-bond acceptors (Lipinski definition) is 5. The molecule has 0 saturated heterocycles. The van der Waals surface area contributed by atoms with Crippen LogP contribution in [0.5, 0.6) is 0 Å². The first-order valence-corrected chi connectivity index (χ1v) is 5.79. The first-order valence-electron chi connectivity index (χ1n) is 5.79. The molecule has 1 rings (SSSR count). The quantitative estimate of drug-likeness (QED) is 0.443. The van der Waals surface area contributed by atoms with Crippen molar-refractivity contribution in [1.82, 2.24) is 10.3 Å². The van der Waals surface area contributed by atoms with Crippen LogP contribution in [0.4, 0.5) is 0 Å². The zero-order valence-corrected chi connectivity index (χ0v) is 11.3. The number of furan rings is 1. The van der Waals surface area contributed by atoms with E-state index in [0.717, 1.165) is 11.3 Å². The van der Waals surface area contributed by atoms with E-state index in [9.17, 15) is 4.79 Å². The number of carbonyl (C=O) groups is 1. The van der Waals surface area contributed by atoms with Crippen LogP contribution in [-0.2, 0) is 11.3 Å². The minimum absolute atomic E-state index is 0.234. The van der Waals surface area contributed by atoms with Crippen molar-refractivity contribution < 1.29 is 13.9 Å². The van der Waals surface area contributed by atoms with E-state index in [1.165, 1.54) is 0 Å². The lowest BCUT2D eigenvalue weighted by Crippen LogP contribution is -2.32. The monoisotopic (exact) mass is 255 g/mol. The Kier molecular flexibility index (Phi) is 5.33. The van der Waals surface area contributed by atoms with Crippen molar-refractivity contribution in [3.63, 3.8) is 0 Å². The van der Waals surface area contributed by atoms with Gasteiger partial charge in [-0.1, -0.05) is 0 Å². The number of ether oxygens (including phenoxy) is 1. The summed E-state index contributed by atoms with van der Waals surface area (Å²) in [5.41, 5.74) is 3.02. The molecule has 1 heterocycles. The number of amides is 1. The summed E-state index contributed by atoms with van der Waals surface area (Å²) >= 11 is 0. The van der Waals surface area contributed by atoms with Gasteiger partial charge in [0.1, 0.15) is 5.76 Å². The Morgan fingerprint density at radius 1 is 1.67 bits per heavy atom. The lowest BCUT2D eigenvalue weighted by atomic mass is 10.2. The summed E-state index contributed by atoms with van der Waals surface area (Å²) < 4.78 is 10.5. The molecular formula is C12H21N3O3. The van der Waals surface area contributed by atoms with Gasteiger partial charge in [0, 0.05) is 25.3 Å². The summed E-state index contributed by atoms with van der Waals surface area (Å²) in [6.45, 7) is 5.26. The van der Waals surface area contributed by atoms with Gasteiger partial charge in [-0.05, 0) is 27.0 Å². The topological polar surface area (TPSA) is 80.7 Å². The van der Waals surface area contributed by atoms with E-state index in [-0.39, 0.29) is 11.8 Å². The Balaban J connectivity index is 2.72. The maximum absolute atomic E-state index is 11.3. The van der Waals surface area contributed by atoms with Gasteiger partial charge >= 0.3 is 5.91 Å². The first kappa shape index (κ1) is 14.7. The molecule has 1 aromatic heterocycles. The third kappa shape index (κ3) is 3.56. The third-order valence-corrected chi connectivity index (χ3v) is 2.96. The number of hydrazine groups is 1. The fourth-order valence-corrected chi connectivity index (χ4v) is 1.65. The number of carbonyl (C=O) groups excluding carboxylic acids is 1. The number of likely N-dealkylation sites (N-methyl/N-ethyl adjacent to an activating group) is 1. The molecule has 0 radical (unpaired) electrons. The van der Waals surface area contributed by atoms with E-state index in [1.807, 2.05) is 14.0 Å². The van der Waals surface area contributed by atoms with Gasteiger partial charge in [-0.15, -0.1) is 0 Å². The Bertz CT molecular complexity index is 403. The molecule has 18 heavy (non-hydrogen) atoms. The molecule has 3 N–H and O–H groups in total. The number of nitrogens with two attached hydrogens (primary N) is 1. The molecule has 0 aliphatic rings. The highest BCUT2D eigenvalue weighted by atomic mass is 16.5. The molecule has 0 spiro atoms. The number of methoxy groups -OCH3 is 1. The molecule has 6 heteroatoms. The fraction of sp³-hybridized carbons (Fsp3) is 0.583. The van der Waals surface area contributed by atoms with E-state index >= 15 is 0 Å². The van der Waals surface area contributed by atoms with Gasteiger partial charge in [0.05, 0.1) is 6.61 Å². The summed E-state index contributed by atoms with van der Waals surface area (Å²) in [5.74, 6) is 5.61. The molecular weight excluding hydrogens is 234 g/mol. The third-order valence-electron chi connectivity index (χ3n) is 2.96. The van der Waals surface area contributed by atoms with Crippen LogP contribution in [-0.4, -0.2) is 37.6 Å². The molecule has 0 saturated carbocycles. The van der Waals surface area contributed by atoms with Crippen molar-refractivity contribution in [2.45, 2.75) is 26.4 Å². The summed E-state index contributed by atoms with van der Waals surface area (Å²) in [5, 5.41) is 0. The number of nitrogen functional groups attached to an aromatic ring is 1. The van der Waals surface area contributed by atoms with Crippen LogP contribution in [0.25, 0.3) is 0 Å². The van der Waals surface area contributed by atoms with Crippen molar-refractivity contribution in [1.29, 1.82) is 0 Å². The molecule has 0 aliphatic carbocycles. The van der Waals surface area contributed by atoms with Gasteiger partial charge in [0.25, 0.3) is 0 Å². The highest BCUT2D eigenvalue weighted by molar-refractivity contribution is 5.91. The Hall–Kier alpha value is -1.37. The number of nitrogens with one attached hydrogen (secondary N) is 1. The highest BCUT2D eigenvalue weighted by Gasteiger charge is 2.16. The van der Waals surface area contributed by atoms with Gasteiger partial charge in [0.15, 0.2) is 5.76 Å². The Morgan fingerprint density at radius 3 is 2.89 bits per heavy atom. The standard InChI is InChI=1S/C12H21N3O3/c1-8(7-17-4)15(3)6-10-5-11(12(16)14-13)18-9(10)2/h5,8H,6-7,13H2,1-4H3,(H,14,16). The number of nitrogens with zero attached hydrogens (tertiary/aromatic N) is 1. The van der Waals surface area contributed by atoms with Crippen molar-refractivity contribution in [2.24, 2.45) is 5.84 Å². The number of hydrogen-bond donors (Lipinski definition) is 2. The van der Waals surface area contributed by atoms with Gasteiger partial charge in [-0.25, -0.2) is 5.84 Å². The van der Waals surface area contributed by atoms with E-state index in [2.05, 4.69) is 17.2 Å². The highest BCUT2D eigenvalue weighted by Crippen LogP contribution is 2.17. The van der Waals surface area contributed by atoms with Gasteiger partial charge in [-0.3, -0.25) is 15.1 Å². The molecule has 1 unspecified atom stereocenters. The largest absolute Gasteiger partial charge is 0.456 e. The summed E-state index contributed by atoms with van der Waals surface area (Å²) in [6.07, 6.45) is 0. The average molecular weight is 255 g/mol. The molecule has 1 aromatic rings. The van der Waals surface area contributed by atoms with Crippen LogP contribution < -0.4 is 11.3 Å². The number of aryl methyl sites for hydroxylation is 1. The minimum atomic E-state index is -0.419. The molecule has 0 bridgehead atoms. The normalized spacial score (nSPS) is 12.8. The second-order valence-electron chi connectivity index (χ2n) is 4.39. The second-order valence-corrected chi connectivity index (χ2v) is 4.39. The SMILES string of the molecule is COCC(C)N(C)Cc1cc(C(=O)NN)oc1C. The van der Waals surface area contributed by atoms with E-state index in [1.54, 1.807) is 13.2 Å². The zero-order chi connectivity index (χ0) is 13.7. The molecule has 6 nitrogen and oxygen atoms in total. The smallest absolute Gasteiger partial charge is 0.300 e. The molecule has 1 atom stereocenters. The molecule has 0 aliphatic heterocycles. The van der Waals surface area contributed by atoms with Crippen molar-refractivity contribution in [3.05, 3.63) is 23.2 Å². The minimum Gasteiger partial charge on any atom is -0.456 e. The molecule has 1 amide bonds. The van der Waals surface area contributed by atoms with Crippen molar-refractivity contribution in [3.8, 4) is 0 Å². The van der Waals surface area contributed by atoms with E-state index < -0.39 is 5.91 Å². The fourth-order valence-electron chi connectivity index (χ4n) is 1.65. The van der Waals surface area contributed by atoms with Crippen LogP contribution in [0.15, 0.2) is 10.5 Å². The average Bonchev–Trinajstić information content (AvgIpc) is 2.70. The van der Waals surface area contributed by atoms with E-state index in [4.69, 9.17) is 15.0 Å². The van der Waals surface area contributed by atoms with Gasteiger partial charge in [0.2, 0.25) is 0 Å². The van der Waals surface area contributed by atoms with Gasteiger partial charge < -0.3 is 9.15 Å². The van der Waals surface area contributed by atoms with Crippen LogP contribution >= 0.6 is 0 Å². The zero-order valence-electron chi connectivity index (χ0n) is 11.3. The summed E-state index contributed by atoms with van der Waals surface area (Å²) in [6, 6.07) is 2.00. The van der Waals surface area contributed by atoms with Crippen molar-refractivity contribution in [2.75, 3.05) is 20.8 Å². The number of rotatable bonds is 6. The summed E-state index contributed by atoms with van der Waals surface area (Å²) in [7, 11) is 3.68. The van der Waals surface area contributed by atoms with Crippen LogP contribution in [0.2, 0.25) is 0 Å². The van der Waals surface area contributed by atoms with Crippen LogP contribution in [0.1, 0.15) is 28.8 Å². The summed E-state index contributed by atoms with van der Waals surface area (Å²) in [4.78, 5) is 13.5. The second kappa shape index (κ2) is 6.53. The van der Waals surface area contributed by atoms with E-state index in [0.29, 0.717) is 13.2 Å². The lowest BCUT2D eigenvalue weighted by Gasteiger charge is -2.23. The van der Waals surface area contributed by atoms with Crippen LogP contribution in [0.3, 0.4) is 0 Å².